The fourth-order valence-corrected chi connectivity index (χ4v) is 2.44. The third kappa shape index (κ3) is 6.45. The van der Waals surface area contributed by atoms with Gasteiger partial charge in [0, 0.05) is 12.2 Å². The van der Waals surface area contributed by atoms with Crippen LogP contribution in [-0.2, 0) is 19.2 Å². The number of primary amides is 1. The quantitative estimate of drug-likeness (QED) is 0.265. The lowest BCUT2D eigenvalue weighted by Gasteiger charge is -2.22. The first-order chi connectivity index (χ1) is 10.8. The Bertz CT molecular complexity index is 467. The number of carboxylic acids is 1. The number of carbonyl (C=O) groups excluding carboxylic acids is 3. The summed E-state index contributed by atoms with van der Waals surface area (Å²) in [6, 6.07) is -2.60. The maximum absolute atomic E-state index is 12.2. The Morgan fingerprint density at radius 3 is 2.43 bits per heavy atom. The summed E-state index contributed by atoms with van der Waals surface area (Å²) < 4.78 is 0. The Labute approximate surface area is 139 Å². The van der Waals surface area contributed by atoms with Crippen molar-refractivity contribution in [3.63, 3.8) is 0 Å². The van der Waals surface area contributed by atoms with E-state index >= 15 is 0 Å². The van der Waals surface area contributed by atoms with E-state index in [2.05, 4.69) is 28.6 Å². The minimum atomic E-state index is -1.23. The molecule has 0 radical (unpaired) electrons. The van der Waals surface area contributed by atoms with Crippen molar-refractivity contribution in [2.24, 2.45) is 5.73 Å². The maximum atomic E-state index is 12.2. The van der Waals surface area contributed by atoms with Gasteiger partial charge in [-0.3, -0.25) is 14.4 Å². The molecule has 3 amide bonds. The van der Waals surface area contributed by atoms with Crippen LogP contribution in [0.2, 0.25) is 0 Å². The van der Waals surface area contributed by atoms with Crippen molar-refractivity contribution in [1.82, 2.24) is 16.0 Å². The molecule has 1 aliphatic heterocycles. The Morgan fingerprint density at radius 1 is 1.26 bits per heavy atom. The van der Waals surface area contributed by atoms with Crippen LogP contribution < -0.4 is 21.7 Å². The zero-order valence-electron chi connectivity index (χ0n) is 12.6. The number of nitrogens with two attached hydrogens (primary N) is 1. The van der Waals surface area contributed by atoms with E-state index in [-0.39, 0.29) is 30.5 Å². The van der Waals surface area contributed by atoms with Crippen molar-refractivity contribution in [3.8, 4) is 0 Å². The molecule has 0 aromatic heterocycles. The lowest BCUT2D eigenvalue weighted by molar-refractivity contribution is -0.141. The fourth-order valence-electron chi connectivity index (χ4n) is 2.19. The number of rotatable bonds is 9. The predicted molar refractivity (Wildman–Crippen MR) is 84.8 cm³/mol. The average Bonchev–Trinajstić information content (AvgIpc) is 3.02. The Morgan fingerprint density at radius 2 is 1.96 bits per heavy atom. The minimum Gasteiger partial charge on any atom is -0.480 e. The van der Waals surface area contributed by atoms with E-state index in [0.29, 0.717) is 6.42 Å². The standard InChI is InChI=1S/C13H22N4O5S/c14-10(18)4-3-8(12(20)17-9(6-23)13(21)22)16-11(19)7-2-1-5-15-7/h7-9,15,23H,1-6H2,(H2,14,18)(H,16,19)(H,17,20)(H,21,22). The zero-order valence-corrected chi connectivity index (χ0v) is 13.5. The molecule has 0 aliphatic carbocycles. The SMILES string of the molecule is NC(=O)CCC(NC(=O)C1CCCN1)C(=O)NC(CS)C(=O)O. The molecule has 0 aromatic rings. The van der Waals surface area contributed by atoms with Gasteiger partial charge in [-0.2, -0.15) is 12.6 Å². The van der Waals surface area contributed by atoms with Crippen LogP contribution in [0.25, 0.3) is 0 Å². The summed E-state index contributed by atoms with van der Waals surface area (Å²) in [5, 5.41) is 16.8. The molecular weight excluding hydrogens is 324 g/mol. The summed E-state index contributed by atoms with van der Waals surface area (Å²) in [5.41, 5.74) is 5.07. The molecule has 23 heavy (non-hydrogen) atoms. The van der Waals surface area contributed by atoms with E-state index in [1.807, 2.05) is 0 Å². The van der Waals surface area contributed by atoms with Crippen molar-refractivity contribution in [1.29, 1.82) is 0 Å². The average molecular weight is 346 g/mol. The van der Waals surface area contributed by atoms with Gasteiger partial charge in [-0.25, -0.2) is 4.79 Å². The highest BCUT2D eigenvalue weighted by Crippen LogP contribution is 2.07. The fraction of sp³-hybridized carbons (Fsp3) is 0.692. The summed E-state index contributed by atoms with van der Waals surface area (Å²) in [5.74, 6) is -2.98. The second kappa shape index (κ2) is 9.36. The number of aliphatic carboxylic acids is 1. The highest BCUT2D eigenvalue weighted by atomic mass is 32.1. The van der Waals surface area contributed by atoms with Crippen LogP contribution in [0.5, 0.6) is 0 Å². The minimum absolute atomic E-state index is 0.00145. The molecule has 1 aliphatic rings. The lowest BCUT2D eigenvalue weighted by Crippen LogP contribution is -2.54. The number of carbonyl (C=O) groups is 4. The second-order valence-electron chi connectivity index (χ2n) is 5.30. The van der Waals surface area contributed by atoms with E-state index in [9.17, 15) is 19.2 Å². The third-order valence-electron chi connectivity index (χ3n) is 3.49. The maximum Gasteiger partial charge on any atom is 0.327 e. The second-order valence-corrected chi connectivity index (χ2v) is 5.66. The van der Waals surface area contributed by atoms with E-state index in [0.717, 1.165) is 13.0 Å². The van der Waals surface area contributed by atoms with Crippen molar-refractivity contribution < 1.29 is 24.3 Å². The first kappa shape index (κ1) is 19.2. The van der Waals surface area contributed by atoms with Gasteiger partial charge >= 0.3 is 5.97 Å². The molecule has 1 saturated heterocycles. The predicted octanol–water partition coefficient (Wildman–Crippen LogP) is -2.01. The topological polar surface area (TPSA) is 151 Å². The molecule has 0 spiro atoms. The van der Waals surface area contributed by atoms with E-state index < -0.39 is 29.9 Å². The summed E-state index contributed by atoms with van der Waals surface area (Å²) in [6.07, 6.45) is 1.41. The molecule has 6 N–H and O–H groups in total. The van der Waals surface area contributed by atoms with Gasteiger partial charge in [0.2, 0.25) is 17.7 Å². The number of hydrogen-bond acceptors (Lipinski definition) is 6. The highest BCUT2D eigenvalue weighted by molar-refractivity contribution is 7.80. The molecule has 0 bridgehead atoms. The van der Waals surface area contributed by atoms with Gasteiger partial charge in [0.05, 0.1) is 6.04 Å². The summed E-state index contributed by atoms with van der Waals surface area (Å²) in [4.78, 5) is 46.1. The summed E-state index contributed by atoms with van der Waals surface area (Å²) in [7, 11) is 0. The molecule has 1 fully saturated rings. The first-order valence-electron chi connectivity index (χ1n) is 7.31. The van der Waals surface area contributed by atoms with Crippen molar-refractivity contribution >= 4 is 36.3 Å². The summed E-state index contributed by atoms with van der Waals surface area (Å²) >= 11 is 3.86. The molecule has 3 unspecified atom stereocenters. The Hall–Kier alpha value is -1.81. The molecule has 1 heterocycles. The molecule has 1 rings (SSSR count). The van der Waals surface area contributed by atoms with Crippen molar-refractivity contribution in [2.45, 2.75) is 43.8 Å². The van der Waals surface area contributed by atoms with Crippen molar-refractivity contribution in [3.05, 3.63) is 0 Å². The number of amides is 3. The number of carboxylic acid groups (broad SMARTS) is 1. The van der Waals surface area contributed by atoms with Gasteiger partial charge in [-0.1, -0.05) is 0 Å². The molecule has 130 valence electrons. The van der Waals surface area contributed by atoms with Crippen molar-refractivity contribution in [2.75, 3.05) is 12.3 Å². The highest BCUT2D eigenvalue weighted by Gasteiger charge is 2.29. The molecule has 9 nitrogen and oxygen atoms in total. The first-order valence-corrected chi connectivity index (χ1v) is 7.94. The van der Waals surface area contributed by atoms with Gasteiger partial charge in [-0.05, 0) is 25.8 Å². The van der Waals surface area contributed by atoms with Crippen LogP contribution in [0, 0.1) is 0 Å². The smallest absolute Gasteiger partial charge is 0.327 e. The van der Waals surface area contributed by atoms with Gasteiger partial charge < -0.3 is 26.8 Å². The third-order valence-corrected chi connectivity index (χ3v) is 3.85. The summed E-state index contributed by atoms with van der Waals surface area (Å²) in [6.45, 7) is 0.719. The van der Waals surface area contributed by atoms with Gasteiger partial charge in [0.1, 0.15) is 12.1 Å². The number of hydrogen-bond donors (Lipinski definition) is 6. The van der Waals surface area contributed by atoms with E-state index in [1.54, 1.807) is 0 Å². The zero-order chi connectivity index (χ0) is 17.4. The molecule has 0 aromatic carbocycles. The monoisotopic (exact) mass is 346 g/mol. The molecular formula is C13H22N4O5S. The van der Waals surface area contributed by atoms with Crippen LogP contribution in [0.15, 0.2) is 0 Å². The van der Waals surface area contributed by atoms with E-state index in [1.165, 1.54) is 0 Å². The largest absolute Gasteiger partial charge is 0.480 e. The van der Waals surface area contributed by atoms with Gasteiger partial charge in [0.25, 0.3) is 0 Å². The lowest BCUT2D eigenvalue weighted by atomic mass is 10.1. The normalized spacial score (nSPS) is 19.6. The Kier molecular flexibility index (Phi) is 7.83. The molecule has 10 heteroatoms. The van der Waals surface area contributed by atoms with Crippen LogP contribution in [-0.4, -0.2) is 59.2 Å². The Balaban J connectivity index is 2.69. The van der Waals surface area contributed by atoms with Crippen LogP contribution >= 0.6 is 12.6 Å². The number of nitrogens with one attached hydrogen (secondary N) is 3. The van der Waals surface area contributed by atoms with Crippen LogP contribution in [0.1, 0.15) is 25.7 Å². The van der Waals surface area contributed by atoms with Gasteiger partial charge in [0.15, 0.2) is 0 Å². The molecule has 3 atom stereocenters. The van der Waals surface area contributed by atoms with Crippen LogP contribution in [0.4, 0.5) is 0 Å². The molecule has 0 saturated carbocycles. The van der Waals surface area contributed by atoms with Gasteiger partial charge in [-0.15, -0.1) is 0 Å². The number of thiol groups is 1. The van der Waals surface area contributed by atoms with E-state index in [4.69, 9.17) is 10.8 Å². The van der Waals surface area contributed by atoms with Crippen LogP contribution in [0.3, 0.4) is 0 Å².